The summed E-state index contributed by atoms with van der Waals surface area (Å²) in [5.74, 6) is 1.08. The SMILES string of the molecule is CC(CCl)C(=O)NC1CCCCC1C. The first kappa shape index (κ1) is 11.8. The molecule has 82 valence electrons. The molecule has 0 saturated heterocycles. The molecule has 0 heterocycles. The number of rotatable bonds is 3. The summed E-state index contributed by atoms with van der Waals surface area (Å²) in [6.07, 6.45) is 4.91. The lowest BCUT2D eigenvalue weighted by atomic mass is 9.86. The first-order chi connectivity index (χ1) is 6.65. The van der Waals surface area contributed by atoms with Gasteiger partial charge in [-0.2, -0.15) is 0 Å². The van der Waals surface area contributed by atoms with Gasteiger partial charge in [-0.1, -0.05) is 26.7 Å². The molecule has 3 atom stereocenters. The summed E-state index contributed by atoms with van der Waals surface area (Å²) in [6, 6.07) is 0.377. The Balaban J connectivity index is 2.38. The Morgan fingerprint density at radius 1 is 1.50 bits per heavy atom. The van der Waals surface area contributed by atoms with E-state index in [2.05, 4.69) is 12.2 Å². The van der Waals surface area contributed by atoms with E-state index in [1.165, 1.54) is 19.3 Å². The van der Waals surface area contributed by atoms with Crippen molar-refractivity contribution in [2.24, 2.45) is 11.8 Å². The molecule has 0 aromatic heterocycles. The van der Waals surface area contributed by atoms with Crippen LogP contribution in [-0.4, -0.2) is 17.8 Å². The second kappa shape index (κ2) is 5.59. The number of carbonyl (C=O) groups is 1. The molecule has 1 N–H and O–H groups in total. The number of carbonyl (C=O) groups excluding carboxylic acids is 1. The lowest BCUT2D eigenvalue weighted by Crippen LogP contribution is -2.43. The summed E-state index contributed by atoms with van der Waals surface area (Å²) in [5, 5.41) is 3.10. The second-order valence-electron chi connectivity index (χ2n) is 4.43. The van der Waals surface area contributed by atoms with Crippen LogP contribution in [0.5, 0.6) is 0 Å². The fraction of sp³-hybridized carbons (Fsp3) is 0.909. The van der Waals surface area contributed by atoms with Crippen molar-refractivity contribution >= 4 is 17.5 Å². The maximum absolute atomic E-state index is 11.6. The van der Waals surface area contributed by atoms with E-state index >= 15 is 0 Å². The average Bonchev–Trinajstić information content (AvgIpc) is 2.20. The first-order valence-corrected chi connectivity index (χ1v) is 6.05. The van der Waals surface area contributed by atoms with E-state index in [1.54, 1.807) is 0 Å². The molecule has 3 unspecified atom stereocenters. The van der Waals surface area contributed by atoms with Crippen LogP contribution in [0.3, 0.4) is 0 Å². The summed E-state index contributed by atoms with van der Waals surface area (Å²) in [4.78, 5) is 11.6. The zero-order chi connectivity index (χ0) is 10.6. The Labute approximate surface area is 91.4 Å². The fourth-order valence-electron chi connectivity index (χ4n) is 1.93. The number of hydrogen-bond donors (Lipinski definition) is 1. The molecule has 0 spiro atoms. The van der Waals surface area contributed by atoms with Gasteiger partial charge in [0.2, 0.25) is 5.91 Å². The number of nitrogens with one attached hydrogen (secondary N) is 1. The van der Waals surface area contributed by atoms with Crippen LogP contribution in [0.25, 0.3) is 0 Å². The van der Waals surface area contributed by atoms with Crippen molar-refractivity contribution in [1.29, 1.82) is 0 Å². The van der Waals surface area contributed by atoms with E-state index in [9.17, 15) is 4.79 Å². The molecule has 1 fully saturated rings. The molecule has 0 aliphatic heterocycles. The van der Waals surface area contributed by atoms with Crippen molar-refractivity contribution in [3.63, 3.8) is 0 Å². The van der Waals surface area contributed by atoms with Crippen LogP contribution < -0.4 is 5.32 Å². The fourth-order valence-corrected chi connectivity index (χ4v) is 2.07. The molecular formula is C11H20ClNO. The van der Waals surface area contributed by atoms with E-state index in [1.807, 2.05) is 6.92 Å². The van der Waals surface area contributed by atoms with Crippen LogP contribution >= 0.6 is 11.6 Å². The minimum Gasteiger partial charge on any atom is -0.353 e. The Morgan fingerprint density at radius 2 is 2.14 bits per heavy atom. The van der Waals surface area contributed by atoms with Gasteiger partial charge >= 0.3 is 0 Å². The van der Waals surface area contributed by atoms with E-state index in [-0.39, 0.29) is 11.8 Å². The number of alkyl halides is 1. The van der Waals surface area contributed by atoms with Gasteiger partial charge in [-0.3, -0.25) is 4.79 Å². The van der Waals surface area contributed by atoms with Crippen molar-refractivity contribution in [1.82, 2.24) is 5.32 Å². The monoisotopic (exact) mass is 217 g/mol. The van der Waals surface area contributed by atoms with Crippen LogP contribution in [0.1, 0.15) is 39.5 Å². The maximum atomic E-state index is 11.6. The second-order valence-corrected chi connectivity index (χ2v) is 4.74. The zero-order valence-electron chi connectivity index (χ0n) is 9.05. The van der Waals surface area contributed by atoms with Crippen molar-refractivity contribution in [3.8, 4) is 0 Å². The van der Waals surface area contributed by atoms with Gasteiger partial charge in [0, 0.05) is 17.8 Å². The van der Waals surface area contributed by atoms with Crippen LogP contribution in [0.4, 0.5) is 0 Å². The summed E-state index contributed by atoms with van der Waals surface area (Å²) in [6.45, 7) is 4.09. The minimum absolute atomic E-state index is 0.0641. The number of halogens is 1. The molecule has 0 aromatic rings. The highest BCUT2D eigenvalue weighted by Gasteiger charge is 2.24. The standard InChI is InChI=1S/C11H20ClNO/c1-8-5-3-4-6-10(8)13-11(14)9(2)7-12/h8-10H,3-7H2,1-2H3,(H,13,14). The third-order valence-corrected chi connectivity index (χ3v) is 3.58. The molecule has 1 rings (SSSR count). The van der Waals surface area contributed by atoms with Gasteiger partial charge in [-0.25, -0.2) is 0 Å². The van der Waals surface area contributed by atoms with Gasteiger partial charge in [0.05, 0.1) is 0 Å². The van der Waals surface area contributed by atoms with E-state index in [0.29, 0.717) is 17.8 Å². The lowest BCUT2D eigenvalue weighted by molar-refractivity contribution is -0.125. The summed E-state index contributed by atoms with van der Waals surface area (Å²) >= 11 is 5.64. The molecule has 2 nitrogen and oxygen atoms in total. The third-order valence-electron chi connectivity index (χ3n) is 3.12. The Bertz CT molecular complexity index is 196. The van der Waals surface area contributed by atoms with Crippen LogP contribution in [-0.2, 0) is 4.79 Å². The third kappa shape index (κ3) is 3.16. The summed E-state index contributed by atoms with van der Waals surface area (Å²) in [7, 11) is 0. The van der Waals surface area contributed by atoms with Crippen molar-refractivity contribution in [2.75, 3.05) is 5.88 Å². The van der Waals surface area contributed by atoms with Gasteiger partial charge in [0.25, 0.3) is 0 Å². The predicted molar refractivity (Wildman–Crippen MR) is 59.4 cm³/mol. The molecule has 1 saturated carbocycles. The molecule has 0 aromatic carbocycles. The molecular weight excluding hydrogens is 198 g/mol. The molecule has 1 aliphatic rings. The highest BCUT2D eigenvalue weighted by Crippen LogP contribution is 2.23. The van der Waals surface area contributed by atoms with Crippen molar-refractivity contribution in [2.45, 2.75) is 45.6 Å². The predicted octanol–water partition coefficient (Wildman–Crippen LogP) is 2.56. The van der Waals surface area contributed by atoms with E-state index in [4.69, 9.17) is 11.6 Å². The number of amides is 1. The summed E-state index contributed by atoms with van der Waals surface area (Å²) in [5.41, 5.74) is 0. The maximum Gasteiger partial charge on any atom is 0.224 e. The normalized spacial score (nSPS) is 29.6. The molecule has 1 amide bonds. The van der Waals surface area contributed by atoms with Crippen LogP contribution in [0.2, 0.25) is 0 Å². The van der Waals surface area contributed by atoms with E-state index < -0.39 is 0 Å². The van der Waals surface area contributed by atoms with Gasteiger partial charge in [-0.15, -0.1) is 11.6 Å². The number of hydrogen-bond acceptors (Lipinski definition) is 1. The molecule has 0 radical (unpaired) electrons. The Morgan fingerprint density at radius 3 is 2.71 bits per heavy atom. The Kier molecular flexibility index (Phi) is 4.73. The zero-order valence-corrected chi connectivity index (χ0v) is 9.81. The lowest BCUT2D eigenvalue weighted by Gasteiger charge is -2.30. The molecule has 0 bridgehead atoms. The van der Waals surface area contributed by atoms with E-state index in [0.717, 1.165) is 6.42 Å². The summed E-state index contributed by atoms with van der Waals surface area (Å²) < 4.78 is 0. The van der Waals surface area contributed by atoms with Crippen molar-refractivity contribution in [3.05, 3.63) is 0 Å². The minimum atomic E-state index is -0.0641. The topological polar surface area (TPSA) is 29.1 Å². The highest BCUT2D eigenvalue weighted by molar-refractivity contribution is 6.19. The van der Waals surface area contributed by atoms with Gasteiger partial charge in [-0.05, 0) is 18.8 Å². The average molecular weight is 218 g/mol. The molecule has 1 aliphatic carbocycles. The van der Waals surface area contributed by atoms with Gasteiger partial charge < -0.3 is 5.32 Å². The smallest absolute Gasteiger partial charge is 0.224 e. The molecule has 3 heteroatoms. The van der Waals surface area contributed by atoms with Crippen LogP contribution in [0.15, 0.2) is 0 Å². The molecule has 14 heavy (non-hydrogen) atoms. The largest absolute Gasteiger partial charge is 0.353 e. The quantitative estimate of drug-likeness (QED) is 0.724. The van der Waals surface area contributed by atoms with Crippen LogP contribution in [0, 0.1) is 11.8 Å². The first-order valence-electron chi connectivity index (χ1n) is 5.51. The van der Waals surface area contributed by atoms with Crippen molar-refractivity contribution < 1.29 is 4.79 Å². The van der Waals surface area contributed by atoms with Gasteiger partial charge in [0.1, 0.15) is 0 Å². The Hall–Kier alpha value is -0.240. The highest BCUT2D eigenvalue weighted by atomic mass is 35.5. The van der Waals surface area contributed by atoms with Gasteiger partial charge in [0.15, 0.2) is 0 Å².